The minimum absolute atomic E-state index is 0.776. The van der Waals surface area contributed by atoms with E-state index in [1.807, 2.05) is 0 Å². The second kappa shape index (κ2) is 24.3. The summed E-state index contributed by atoms with van der Waals surface area (Å²) >= 11 is 1.76. The Morgan fingerprint density at radius 3 is 2.02 bits per heavy atom. The van der Waals surface area contributed by atoms with E-state index in [4.69, 9.17) is 0 Å². The molecule has 0 heterocycles. The van der Waals surface area contributed by atoms with Gasteiger partial charge in [-0.1, -0.05) is 197 Å². The van der Waals surface area contributed by atoms with Crippen molar-refractivity contribution in [1.29, 1.82) is 0 Å². The van der Waals surface area contributed by atoms with Crippen LogP contribution in [-0.2, 0) is 6.42 Å². The maximum Gasteiger partial charge on any atom is 0.0142 e. The van der Waals surface area contributed by atoms with Crippen LogP contribution >= 0.6 is 11.8 Å². The van der Waals surface area contributed by atoms with Gasteiger partial charge in [0.05, 0.1) is 0 Å². The van der Waals surface area contributed by atoms with Gasteiger partial charge in [0.25, 0.3) is 0 Å². The van der Waals surface area contributed by atoms with Gasteiger partial charge in [-0.15, -0.1) is 11.8 Å². The van der Waals surface area contributed by atoms with Crippen molar-refractivity contribution in [1.82, 2.24) is 0 Å². The monoisotopic (exact) mass is 828 g/mol. The highest BCUT2D eigenvalue weighted by Gasteiger charge is 2.20. The number of hydrogen-bond acceptors (Lipinski definition) is 1. The molecule has 1 aliphatic rings. The molecule has 0 N–H and O–H groups in total. The molecule has 4 aromatic carbocycles. The number of fused-ring (bicyclic) bond motifs is 2. The molecule has 0 spiro atoms. The molecule has 0 aliphatic heterocycles. The van der Waals surface area contributed by atoms with Crippen molar-refractivity contribution >= 4 is 51.9 Å². The van der Waals surface area contributed by atoms with E-state index in [2.05, 4.69) is 243 Å². The molecule has 0 fully saturated rings. The third-order valence-corrected chi connectivity index (χ3v) is 12.0. The number of benzene rings is 4. The van der Waals surface area contributed by atoms with Crippen LogP contribution < -0.4 is 0 Å². The minimum Gasteiger partial charge on any atom is -0.129 e. The first-order chi connectivity index (χ1) is 30.2. The SMILES string of the molecule is C=C(/C=C\CC(=C/C)/C(C)=C\CC)/C=C/C=C(\SC)C1=Cc2c(c(/C=C(\C(=C)CC)c3ccccc3)c3ccccc3c2/C=C(\C(=C)/C=C\CC=CC)c2ccccc2)CC=C1. The number of thioether (sulfide) groups is 1. The molecular formula is C61H64S. The summed E-state index contributed by atoms with van der Waals surface area (Å²) in [5.74, 6) is 0. The van der Waals surface area contributed by atoms with Gasteiger partial charge in [0, 0.05) is 4.91 Å². The van der Waals surface area contributed by atoms with Gasteiger partial charge in [-0.2, -0.15) is 0 Å². The molecule has 0 saturated heterocycles. The van der Waals surface area contributed by atoms with Crippen molar-refractivity contribution in [3.05, 3.63) is 255 Å². The fourth-order valence-electron chi connectivity index (χ4n) is 7.79. The zero-order valence-electron chi connectivity index (χ0n) is 37.9. The molecule has 0 saturated carbocycles. The van der Waals surface area contributed by atoms with Crippen molar-refractivity contribution in [3.63, 3.8) is 0 Å². The summed E-state index contributed by atoms with van der Waals surface area (Å²) in [6.07, 6.45) is 42.3. The van der Waals surface area contributed by atoms with Crippen molar-refractivity contribution in [2.75, 3.05) is 6.26 Å². The second-order valence-electron chi connectivity index (χ2n) is 15.4. The van der Waals surface area contributed by atoms with Crippen molar-refractivity contribution in [3.8, 4) is 0 Å². The average Bonchev–Trinajstić information content (AvgIpc) is 3.52. The summed E-state index contributed by atoms with van der Waals surface area (Å²) in [4.78, 5) is 1.18. The molecule has 0 unspecified atom stereocenters. The maximum absolute atomic E-state index is 4.64. The predicted molar refractivity (Wildman–Crippen MR) is 282 cm³/mol. The highest BCUT2D eigenvalue weighted by Crippen LogP contribution is 2.41. The van der Waals surface area contributed by atoms with Crippen LogP contribution in [0.25, 0.3) is 40.1 Å². The smallest absolute Gasteiger partial charge is 0.0142 e. The molecule has 0 radical (unpaired) electrons. The normalized spacial score (nSPS) is 14.4. The predicted octanol–water partition coefficient (Wildman–Crippen LogP) is 18.1. The molecule has 5 rings (SSSR count). The lowest BCUT2D eigenvalue weighted by Crippen LogP contribution is -2.00. The first-order valence-corrected chi connectivity index (χ1v) is 23.2. The second-order valence-corrected chi connectivity index (χ2v) is 16.2. The van der Waals surface area contributed by atoms with Crippen LogP contribution in [0, 0.1) is 0 Å². The molecule has 1 aliphatic carbocycles. The third-order valence-electron chi connectivity index (χ3n) is 11.2. The average molecular weight is 829 g/mol. The summed E-state index contributed by atoms with van der Waals surface area (Å²) in [5, 5.41) is 2.41. The highest BCUT2D eigenvalue weighted by atomic mass is 32.2. The van der Waals surface area contributed by atoms with Gasteiger partial charge < -0.3 is 0 Å². The van der Waals surface area contributed by atoms with Crippen LogP contribution in [0.1, 0.15) is 93.7 Å². The van der Waals surface area contributed by atoms with Crippen molar-refractivity contribution in [2.45, 2.75) is 66.7 Å². The Labute approximate surface area is 378 Å². The van der Waals surface area contributed by atoms with Crippen molar-refractivity contribution in [2.24, 2.45) is 0 Å². The van der Waals surface area contributed by atoms with E-state index in [9.17, 15) is 0 Å². The number of hydrogen-bond donors (Lipinski definition) is 0. The van der Waals surface area contributed by atoms with E-state index in [1.165, 1.54) is 65.8 Å². The maximum atomic E-state index is 4.64. The summed E-state index contributed by atoms with van der Waals surface area (Å²) in [6, 6.07) is 30.3. The topological polar surface area (TPSA) is 0 Å². The molecule has 0 atom stereocenters. The minimum atomic E-state index is 0.776. The fraction of sp³-hybridized carbons (Fsp3) is 0.180. The van der Waals surface area contributed by atoms with Gasteiger partial charge in [0.15, 0.2) is 0 Å². The van der Waals surface area contributed by atoms with E-state index in [1.54, 1.807) is 11.8 Å². The standard InChI is InChI=1S/C61H64S/c1-10-14-15-18-31-48(8)57(51-34-21-17-22-35-51)44-60-54-39-24-23-38-53(54)59(43-56(46(6)12-3)50-32-19-16-20-33-50)55-40-27-37-52(42-58(55)60)61(62-9)41-26-30-45(5)29-25-36-49(13-4)47(7)28-11-2/h10,13-14,16-35,37-39,41-44H,5-6,8,11-12,15,36,40H2,1-4,7,9H3/b14-10?,29-25-,30-26+,31-18-,47-28-,49-13-,56-43+,57-44+,61-41-. The van der Waals surface area contributed by atoms with Crippen molar-refractivity contribution < 1.29 is 0 Å². The van der Waals surface area contributed by atoms with E-state index in [0.29, 0.717) is 0 Å². The van der Waals surface area contributed by atoms with Gasteiger partial charge in [0.1, 0.15) is 0 Å². The van der Waals surface area contributed by atoms with Crippen LogP contribution in [0.5, 0.6) is 0 Å². The summed E-state index contributed by atoms with van der Waals surface area (Å²) < 4.78 is 0. The fourth-order valence-corrected chi connectivity index (χ4v) is 8.37. The molecule has 62 heavy (non-hydrogen) atoms. The lowest BCUT2D eigenvalue weighted by Gasteiger charge is -2.20. The summed E-state index contributed by atoms with van der Waals surface area (Å²) in [7, 11) is 0. The largest absolute Gasteiger partial charge is 0.129 e. The van der Waals surface area contributed by atoms with Gasteiger partial charge >= 0.3 is 0 Å². The van der Waals surface area contributed by atoms with Crippen LogP contribution in [0.4, 0.5) is 0 Å². The first kappa shape index (κ1) is 46.9. The van der Waals surface area contributed by atoms with E-state index in [-0.39, 0.29) is 0 Å². The molecule has 1 heteroatoms. The Bertz CT molecular complexity index is 2580. The number of rotatable bonds is 19. The summed E-state index contributed by atoms with van der Waals surface area (Å²) in [6.45, 7) is 24.3. The highest BCUT2D eigenvalue weighted by molar-refractivity contribution is 8.02. The lowest BCUT2D eigenvalue weighted by atomic mass is 9.83. The van der Waals surface area contributed by atoms with Crippen LogP contribution in [0.3, 0.4) is 0 Å². The van der Waals surface area contributed by atoms with Gasteiger partial charge in [-0.25, -0.2) is 0 Å². The summed E-state index contributed by atoms with van der Waals surface area (Å²) in [5.41, 5.74) is 16.4. The molecule has 0 bridgehead atoms. The number of allylic oxidation sites excluding steroid dienone is 21. The Balaban J connectivity index is 1.74. The van der Waals surface area contributed by atoms with E-state index in [0.717, 1.165) is 60.0 Å². The van der Waals surface area contributed by atoms with Crippen LogP contribution in [-0.4, -0.2) is 6.26 Å². The lowest BCUT2D eigenvalue weighted by molar-refractivity contribution is 1.13. The van der Waals surface area contributed by atoms with Gasteiger partial charge in [-0.05, 0) is 167 Å². The zero-order valence-corrected chi connectivity index (χ0v) is 38.7. The van der Waals surface area contributed by atoms with E-state index >= 15 is 0 Å². The third kappa shape index (κ3) is 12.5. The Morgan fingerprint density at radius 1 is 0.742 bits per heavy atom. The van der Waals surface area contributed by atoms with Gasteiger partial charge in [0.2, 0.25) is 0 Å². The Morgan fingerprint density at radius 2 is 1.39 bits per heavy atom. The quantitative estimate of drug-likeness (QED) is 0.0515. The Kier molecular flexibility index (Phi) is 18.4. The molecule has 0 amide bonds. The van der Waals surface area contributed by atoms with Crippen LogP contribution in [0.15, 0.2) is 222 Å². The Hall–Kier alpha value is -6.15. The molecular weight excluding hydrogens is 765 g/mol. The molecule has 314 valence electrons. The van der Waals surface area contributed by atoms with E-state index < -0.39 is 0 Å². The molecule has 4 aromatic rings. The first-order valence-electron chi connectivity index (χ1n) is 22.0. The zero-order chi connectivity index (χ0) is 44.3. The molecule has 0 nitrogen and oxygen atoms in total. The van der Waals surface area contributed by atoms with Crippen LogP contribution in [0.2, 0.25) is 0 Å². The van der Waals surface area contributed by atoms with Gasteiger partial charge in [-0.3, -0.25) is 0 Å². The molecule has 0 aromatic heterocycles.